The second-order valence-electron chi connectivity index (χ2n) is 6.26. The maximum atomic E-state index is 12.3. The molecular formula is C16H25N3O3S. The third-order valence-corrected chi connectivity index (χ3v) is 4.73. The lowest BCUT2D eigenvalue weighted by atomic mass is 9.85. The summed E-state index contributed by atoms with van der Waals surface area (Å²) in [5.41, 5.74) is 0.868. The van der Waals surface area contributed by atoms with Gasteiger partial charge in [-0.15, -0.1) is 0 Å². The number of hydrogen-bond acceptors (Lipinski definition) is 4. The van der Waals surface area contributed by atoms with E-state index in [1.54, 1.807) is 24.3 Å². The fraction of sp³-hybridized carbons (Fsp3) is 0.562. The molecule has 1 aromatic rings. The number of piperidine rings is 1. The Hall–Kier alpha value is -1.60. The summed E-state index contributed by atoms with van der Waals surface area (Å²) in [5, 5.41) is 6.18. The SMILES string of the molecule is CC(CC(=O)Nc1ccccc1NS(C)(=O)=O)C1CCCNC1. The first-order valence-corrected chi connectivity index (χ1v) is 9.81. The van der Waals surface area contributed by atoms with Crippen LogP contribution in [0.1, 0.15) is 26.2 Å². The molecule has 0 spiro atoms. The molecule has 7 heteroatoms. The van der Waals surface area contributed by atoms with Crippen LogP contribution in [0.5, 0.6) is 0 Å². The number of benzene rings is 1. The van der Waals surface area contributed by atoms with Gasteiger partial charge in [0.2, 0.25) is 15.9 Å². The van der Waals surface area contributed by atoms with Gasteiger partial charge in [-0.05, 0) is 49.9 Å². The zero-order chi connectivity index (χ0) is 16.9. The highest BCUT2D eigenvalue weighted by Crippen LogP contribution is 2.25. The normalized spacial score (nSPS) is 19.8. The smallest absolute Gasteiger partial charge is 0.229 e. The minimum Gasteiger partial charge on any atom is -0.324 e. The Kier molecular flexibility index (Phi) is 6.01. The number of para-hydroxylation sites is 2. The van der Waals surface area contributed by atoms with E-state index < -0.39 is 10.0 Å². The molecule has 128 valence electrons. The van der Waals surface area contributed by atoms with E-state index in [1.165, 1.54) is 0 Å². The summed E-state index contributed by atoms with van der Waals surface area (Å²) >= 11 is 0. The number of hydrogen-bond donors (Lipinski definition) is 3. The number of carbonyl (C=O) groups excluding carboxylic acids is 1. The van der Waals surface area contributed by atoms with E-state index in [9.17, 15) is 13.2 Å². The van der Waals surface area contributed by atoms with Crippen molar-refractivity contribution in [3.8, 4) is 0 Å². The third-order valence-electron chi connectivity index (χ3n) is 4.14. The Morgan fingerprint density at radius 1 is 1.35 bits per heavy atom. The Morgan fingerprint density at radius 3 is 2.65 bits per heavy atom. The third kappa shape index (κ3) is 5.84. The molecule has 1 saturated heterocycles. The van der Waals surface area contributed by atoms with Gasteiger partial charge in [-0.25, -0.2) is 8.42 Å². The highest BCUT2D eigenvalue weighted by molar-refractivity contribution is 7.92. The molecule has 1 amide bonds. The zero-order valence-corrected chi connectivity index (χ0v) is 14.4. The molecule has 0 bridgehead atoms. The van der Waals surface area contributed by atoms with Crippen molar-refractivity contribution in [1.82, 2.24) is 5.32 Å². The number of nitrogens with one attached hydrogen (secondary N) is 3. The van der Waals surface area contributed by atoms with E-state index in [0.29, 0.717) is 23.7 Å². The predicted octanol–water partition coefficient (Wildman–Crippen LogP) is 2.02. The molecule has 23 heavy (non-hydrogen) atoms. The predicted molar refractivity (Wildman–Crippen MR) is 92.9 cm³/mol. The molecule has 0 aromatic heterocycles. The molecule has 1 aliphatic rings. The topological polar surface area (TPSA) is 87.3 Å². The van der Waals surface area contributed by atoms with Gasteiger partial charge < -0.3 is 10.6 Å². The van der Waals surface area contributed by atoms with Crippen LogP contribution in [0.25, 0.3) is 0 Å². The molecule has 2 atom stereocenters. The Balaban J connectivity index is 1.97. The maximum Gasteiger partial charge on any atom is 0.229 e. The molecule has 1 aromatic carbocycles. The summed E-state index contributed by atoms with van der Waals surface area (Å²) < 4.78 is 25.2. The molecule has 1 aliphatic heterocycles. The van der Waals surface area contributed by atoms with Crippen LogP contribution in [0.3, 0.4) is 0 Å². The van der Waals surface area contributed by atoms with E-state index in [1.807, 2.05) is 0 Å². The number of sulfonamides is 1. The van der Waals surface area contributed by atoms with E-state index in [4.69, 9.17) is 0 Å². The highest BCUT2D eigenvalue weighted by atomic mass is 32.2. The second kappa shape index (κ2) is 7.79. The Morgan fingerprint density at radius 2 is 2.04 bits per heavy atom. The van der Waals surface area contributed by atoms with Crippen LogP contribution in [0.4, 0.5) is 11.4 Å². The van der Waals surface area contributed by atoms with E-state index in [2.05, 4.69) is 22.3 Å². The molecule has 3 N–H and O–H groups in total. The average Bonchev–Trinajstić information content (AvgIpc) is 2.48. The van der Waals surface area contributed by atoms with Gasteiger partial charge in [0, 0.05) is 6.42 Å². The van der Waals surface area contributed by atoms with Gasteiger partial charge in [-0.2, -0.15) is 0 Å². The average molecular weight is 339 g/mol. The van der Waals surface area contributed by atoms with Crippen molar-refractivity contribution in [3.63, 3.8) is 0 Å². The molecule has 0 radical (unpaired) electrons. The summed E-state index contributed by atoms with van der Waals surface area (Å²) in [4.78, 5) is 12.3. The summed E-state index contributed by atoms with van der Waals surface area (Å²) in [6.45, 7) is 4.11. The van der Waals surface area contributed by atoms with E-state index >= 15 is 0 Å². The van der Waals surface area contributed by atoms with Crippen molar-refractivity contribution in [2.75, 3.05) is 29.4 Å². The minimum absolute atomic E-state index is 0.0918. The summed E-state index contributed by atoms with van der Waals surface area (Å²) in [6.07, 6.45) is 3.81. The van der Waals surface area contributed by atoms with E-state index in [-0.39, 0.29) is 11.8 Å². The van der Waals surface area contributed by atoms with Crippen molar-refractivity contribution >= 4 is 27.3 Å². The molecular weight excluding hydrogens is 314 g/mol. The van der Waals surface area contributed by atoms with Crippen LogP contribution in [0, 0.1) is 11.8 Å². The van der Waals surface area contributed by atoms with Gasteiger partial charge >= 0.3 is 0 Å². The lowest BCUT2D eigenvalue weighted by Crippen LogP contribution is -2.34. The monoisotopic (exact) mass is 339 g/mol. The van der Waals surface area contributed by atoms with Crippen molar-refractivity contribution in [3.05, 3.63) is 24.3 Å². The van der Waals surface area contributed by atoms with Gasteiger partial charge in [0.05, 0.1) is 17.6 Å². The molecule has 1 fully saturated rings. The first kappa shape index (κ1) is 17.7. The molecule has 0 aliphatic carbocycles. The number of carbonyl (C=O) groups is 1. The van der Waals surface area contributed by atoms with E-state index in [0.717, 1.165) is 32.2 Å². The molecule has 0 saturated carbocycles. The molecule has 1 heterocycles. The molecule has 2 rings (SSSR count). The van der Waals surface area contributed by atoms with Gasteiger partial charge in [0.25, 0.3) is 0 Å². The largest absolute Gasteiger partial charge is 0.324 e. The zero-order valence-electron chi connectivity index (χ0n) is 13.6. The van der Waals surface area contributed by atoms with Gasteiger partial charge in [0.15, 0.2) is 0 Å². The van der Waals surface area contributed by atoms with Crippen LogP contribution in [0.2, 0.25) is 0 Å². The van der Waals surface area contributed by atoms with Crippen molar-refractivity contribution in [2.45, 2.75) is 26.2 Å². The van der Waals surface area contributed by atoms with Crippen molar-refractivity contribution in [2.24, 2.45) is 11.8 Å². The van der Waals surface area contributed by atoms with Crippen LogP contribution in [0.15, 0.2) is 24.3 Å². The summed E-state index contributed by atoms with van der Waals surface area (Å²) in [7, 11) is -3.39. The summed E-state index contributed by atoms with van der Waals surface area (Å²) in [6, 6.07) is 6.81. The highest BCUT2D eigenvalue weighted by Gasteiger charge is 2.22. The number of rotatable bonds is 6. The minimum atomic E-state index is -3.39. The van der Waals surface area contributed by atoms with Gasteiger partial charge in [-0.1, -0.05) is 19.1 Å². The van der Waals surface area contributed by atoms with Crippen molar-refractivity contribution < 1.29 is 13.2 Å². The number of amides is 1. The second-order valence-corrected chi connectivity index (χ2v) is 8.00. The fourth-order valence-corrected chi connectivity index (χ4v) is 3.48. The molecule has 6 nitrogen and oxygen atoms in total. The van der Waals surface area contributed by atoms with Crippen LogP contribution >= 0.6 is 0 Å². The van der Waals surface area contributed by atoms with Gasteiger partial charge in [-0.3, -0.25) is 9.52 Å². The Labute approximate surface area is 138 Å². The van der Waals surface area contributed by atoms with Crippen LogP contribution < -0.4 is 15.4 Å². The van der Waals surface area contributed by atoms with Crippen LogP contribution in [-0.4, -0.2) is 33.7 Å². The summed E-state index contributed by atoms with van der Waals surface area (Å²) in [5.74, 6) is 0.711. The quantitative estimate of drug-likeness (QED) is 0.740. The standard InChI is InChI=1S/C16H25N3O3S/c1-12(13-6-5-9-17-11-13)10-16(20)18-14-7-3-4-8-15(14)19-23(2,21)22/h3-4,7-8,12-13,17,19H,5-6,9-11H2,1-2H3,(H,18,20). The first-order valence-electron chi connectivity index (χ1n) is 7.92. The fourth-order valence-electron chi connectivity index (χ4n) is 2.91. The number of anilines is 2. The lowest BCUT2D eigenvalue weighted by molar-refractivity contribution is -0.117. The Bertz CT molecular complexity index is 640. The molecule has 2 unspecified atom stereocenters. The lowest BCUT2D eigenvalue weighted by Gasteiger charge is -2.28. The maximum absolute atomic E-state index is 12.3. The van der Waals surface area contributed by atoms with Crippen LogP contribution in [-0.2, 0) is 14.8 Å². The van der Waals surface area contributed by atoms with Crippen molar-refractivity contribution in [1.29, 1.82) is 0 Å². The van der Waals surface area contributed by atoms with Gasteiger partial charge in [0.1, 0.15) is 0 Å². The first-order chi connectivity index (χ1) is 10.8.